The van der Waals surface area contributed by atoms with E-state index in [4.69, 9.17) is 4.98 Å². The van der Waals surface area contributed by atoms with Gasteiger partial charge in [-0.3, -0.25) is 19.9 Å². The van der Waals surface area contributed by atoms with Gasteiger partial charge in [-0.15, -0.1) is 11.3 Å². The average molecular weight is 340 g/mol. The third-order valence-electron chi connectivity index (χ3n) is 4.54. The molecule has 1 fully saturated rings. The molecule has 1 aliphatic heterocycles. The standard InChI is InChI=1S/C17H20N6S/c1-22-11-18-8-15(22)17-16(20-4-5-21-17)13-3-2-6-23(9-13)10-14-7-19-12-24-14/h4-5,7-8,11-13H,2-3,6,9-10H2,1H3/t13-/m0/s1. The van der Waals surface area contributed by atoms with Gasteiger partial charge in [-0.2, -0.15) is 0 Å². The molecule has 1 atom stereocenters. The lowest BCUT2D eigenvalue weighted by molar-refractivity contribution is 0.200. The molecule has 0 saturated carbocycles. The van der Waals surface area contributed by atoms with Crippen molar-refractivity contribution in [3.8, 4) is 11.4 Å². The first-order valence-corrected chi connectivity index (χ1v) is 9.06. The van der Waals surface area contributed by atoms with Gasteiger partial charge < -0.3 is 4.57 Å². The number of nitrogens with zero attached hydrogens (tertiary/aromatic N) is 6. The number of likely N-dealkylation sites (tertiary alicyclic amines) is 1. The summed E-state index contributed by atoms with van der Waals surface area (Å²) in [5, 5.41) is 0. The van der Waals surface area contributed by atoms with Crippen LogP contribution in [-0.2, 0) is 13.6 Å². The Kier molecular flexibility index (Phi) is 4.36. The number of piperidine rings is 1. The summed E-state index contributed by atoms with van der Waals surface area (Å²) in [5.74, 6) is 0.408. The molecule has 0 spiro atoms. The minimum absolute atomic E-state index is 0.408. The summed E-state index contributed by atoms with van der Waals surface area (Å²) < 4.78 is 2.01. The summed E-state index contributed by atoms with van der Waals surface area (Å²) >= 11 is 1.72. The number of hydrogen-bond acceptors (Lipinski definition) is 6. The maximum Gasteiger partial charge on any atom is 0.110 e. The van der Waals surface area contributed by atoms with Crippen molar-refractivity contribution in [2.45, 2.75) is 25.3 Å². The lowest BCUT2D eigenvalue weighted by Crippen LogP contribution is -2.34. The molecule has 1 saturated heterocycles. The van der Waals surface area contributed by atoms with Crippen molar-refractivity contribution in [1.82, 2.24) is 29.4 Å². The highest BCUT2D eigenvalue weighted by Crippen LogP contribution is 2.32. The quantitative estimate of drug-likeness (QED) is 0.731. The molecule has 3 aromatic heterocycles. The van der Waals surface area contributed by atoms with Gasteiger partial charge in [-0.25, -0.2) is 4.98 Å². The molecule has 0 bridgehead atoms. The van der Waals surface area contributed by atoms with E-state index in [0.29, 0.717) is 5.92 Å². The fourth-order valence-corrected chi connectivity index (χ4v) is 4.03. The highest BCUT2D eigenvalue weighted by molar-refractivity contribution is 7.09. The number of imidazole rings is 1. The minimum Gasteiger partial charge on any atom is -0.332 e. The summed E-state index contributed by atoms with van der Waals surface area (Å²) in [4.78, 5) is 21.5. The topological polar surface area (TPSA) is 59.7 Å². The van der Waals surface area contributed by atoms with Gasteiger partial charge in [-0.05, 0) is 19.4 Å². The van der Waals surface area contributed by atoms with Crippen molar-refractivity contribution in [1.29, 1.82) is 0 Å². The maximum atomic E-state index is 4.69. The predicted octanol–water partition coefficient (Wildman–Crippen LogP) is 2.71. The van der Waals surface area contributed by atoms with Gasteiger partial charge in [0.25, 0.3) is 0 Å². The molecule has 0 aromatic carbocycles. The largest absolute Gasteiger partial charge is 0.332 e. The summed E-state index contributed by atoms with van der Waals surface area (Å²) in [5.41, 5.74) is 4.98. The maximum absolute atomic E-state index is 4.69. The third-order valence-corrected chi connectivity index (χ3v) is 5.31. The Hall–Kier alpha value is -2.12. The minimum atomic E-state index is 0.408. The Labute approximate surface area is 145 Å². The molecule has 0 amide bonds. The molecule has 0 N–H and O–H groups in total. The third kappa shape index (κ3) is 3.09. The number of aryl methyl sites for hydroxylation is 1. The van der Waals surface area contributed by atoms with Crippen LogP contribution in [0.25, 0.3) is 11.4 Å². The molecule has 24 heavy (non-hydrogen) atoms. The van der Waals surface area contributed by atoms with E-state index in [-0.39, 0.29) is 0 Å². The van der Waals surface area contributed by atoms with Gasteiger partial charge in [0.1, 0.15) is 5.69 Å². The van der Waals surface area contributed by atoms with Crippen LogP contribution in [0.2, 0.25) is 0 Å². The molecule has 0 aliphatic carbocycles. The van der Waals surface area contributed by atoms with E-state index in [2.05, 4.69) is 19.9 Å². The Balaban J connectivity index is 1.58. The number of thiazole rings is 1. The zero-order chi connectivity index (χ0) is 16.4. The zero-order valence-electron chi connectivity index (χ0n) is 13.7. The molecule has 6 nitrogen and oxygen atoms in total. The Bertz CT molecular complexity index is 797. The van der Waals surface area contributed by atoms with E-state index >= 15 is 0 Å². The molecule has 0 radical (unpaired) electrons. The van der Waals surface area contributed by atoms with Crippen LogP contribution >= 0.6 is 11.3 Å². The van der Waals surface area contributed by atoms with Crippen LogP contribution in [0.1, 0.15) is 29.3 Å². The van der Waals surface area contributed by atoms with Crippen LogP contribution in [0.5, 0.6) is 0 Å². The lowest BCUT2D eigenvalue weighted by atomic mass is 9.92. The second kappa shape index (κ2) is 6.78. The Morgan fingerprint density at radius 1 is 1.21 bits per heavy atom. The molecular weight excluding hydrogens is 320 g/mol. The van der Waals surface area contributed by atoms with Crippen molar-refractivity contribution < 1.29 is 0 Å². The fraction of sp³-hybridized carbons (Fsp3) is 0.412. The SMILES string of the molecule is Cn1cncc1-c1nccnc1[C@H]1CCCN(Cc2cncs2)C1. The van der Waals surface area contributed by atoms with E-state index in [1.165, 1.54) is 11.3 Å². The van der Waals surface area contributed by atoms with Crippen LogP contribution in [0.4, 0.5) is 0 Å². The van der Waals surface area contributed by atoms with Gasteiger partial charge in [0.15, 0.2) is 0 Å². The van der Waals surface area contributed by atoms with Crippen LogP contribution in [-0.4, -0.2) is 42.5 Å². The molecule has 1 aliphatic rings. The molecule has 3 aromatic rings. The molecule has 4 rings (SSSR count). The second-order valence-electron chi connectivity index (χ2n) is 6.22. The number of hydrogen-bond donors (Lipinski definition) is 0. The summed E-state index contributed by atoms with van der Waals surface area (Å²) in [6, 6.07) is 0. The summed E-state index contributed by atoms with van der Waals surface area (Å²) in [6.45, 7) is 3.12. The van der Waals surface area contributed by atoms with Gasteiger partial charge >= 0.3 is 0 Å². The van der Waals surface area contributed by atoms with Gasteiger partial charge in [0, 0.05) is 49.5 Å². The lowest BCUT2D eigenvalue weighted by Gasteiger charge is -2.32. The summed E-state index contributed by atoms with van der Waals surface area (Å²) in [6.07, 6.45) is 11.6. The van der Waals surface area contributed by atoms with Crippen LogP contribution in [0.3, 0.4) is 0 Å². The molecule has 124 valence electrons. The Morgan fingerprint density at radius 3 is 2.92 bits per heavy atom. The average Bonchev–Trinajstić information content (AvgIpc) is 3.27. The first kappa shape index (κ1) is 15.4. The van der Waals surface area contributed by atoms with Gasteiger partial charge in [-0.1, -0.05) is 0 Å². The van der Waals surface area contributed by atoms with Crippen molar-refractivity contribution in [3.63, 3.8) is 0 Å². The van der Waals surface area contributed by atoms with Crippen LogP contribution < -0.4 is 0 Å². The van der Waals surface area contributed by atoms with E-state index in [0.717, 1.165) is 43.1 Å². The second-order valence-corrected chi connectivity index (χ2v) is 7.19. The van der Waals surface area contributed by atoms with Crippen molar-refractivity contribution in [3.05, 3.63) is 47.2 Å². The molecule has 0 unspecified atom stereocenters. The predicted molar refractivity (Wildman–Crippen MR) is 93.6 cm³/mol. The van der Waals surface area contributed by atoms with Gasteiger partial charge in [0.2, 0.25) is 0 Å². The number of rotatable bonds is 4. The molecule has 4 heterocycles. The van der Waals surface area contributed by atoms with Crippen molar-refractivity contribution in [2.75, 3.05) is 13.1 Å². The Morgan fingerprint density at radius 2 is 2.12 bits per heavy atom. The highest BCUT2D eigenvalue weighted by atomic mass is 32.1. The van der Waals surface area contributed by atoms with Crippen LogP contribution in [0.15, 0.2) is 36.6 Å². The summed E-state index contributed by atoms with van der Waals surface area (Å²) in [7, 11) is 2.00. The molecule has 7 heteroatoms. The highest BCUT2D eigenvalue weighted by Gasteiger charge is 2.26. The normalized spacial score (nSPS) is 18.8. The van der Waals surface area contributed by atoms with Crippen molar-refractivity contribution >= 4 is 11.3 Å². The van der Waals surface area contributed by atoms with E-state index in [1.807, 2.05) is 35.8 Å². The van der Waals surface area contributed by atoms with Gasteiger partial charge in [0.05, 0.1) is 29.4 Å². The monoisotopic (exact) mass is 340 g/mol. The fourth-order valence-electron chi connectivity index (χ4n) is 3.39. The van der Waals surface area contributed by atoms with Crippen LogP contribution in [0, 0.1) is 0 Å². The van der Waals surface area contributed by atoms with E-state index in [1.54, 1.807) is 23.7 Å². The first-order valence-electron chi connectivity index (χ1n) is 8.18. The van der Waals surface area contributed by atoms with Crippen molar-refractivity contribution in [2.24, 2.45) is 7.05 Å². The molecular formula is C17H20N6S. The number of aromatic nitrogens is 5. The zero-order valence-corrected chi connectivity index (χ0v) is 14.5. The smallest absolute Gasteiger partial charge is 0.110 e. The first-order chi connectivity index (χ1) is 11.8. The van der Waals surface area contributed by atoms with E-state index in [9.17, 15) is 0 Å². The van der Waals surface area contributed by atoms with E-state index < -0.39 is 0 Å².